The molecule has 2 N–H and O–H groups in total. The van der Waals surface area contributed by atoms with Gasteiger partial charge in [0.2, 0.25) is 5.91 Å². The minimum Gasteiger partial charge on any atom is -0.481 e. The monoisotopic (exact) mass is 227 g/mol. The summed E-state index contributed by atoms with van der Waals surface area (Å²) >= 11 is 0. The van der Waals surface area contributed by atoms with Crippen molar-refractivity contribution in [3.63, 3.8) is 0 Å². The Labute approximate surface area is 96.4 Å². The molecule has 0 bridgehead atoms. The van der Waals surface area contributed by atoms with Gasteiger partial charge in [-0.05, 0) is 25.2 Å². The standard InChI is InChI=1S/C12H21NO3/c1-3-8(2)6-11(14)13-10-5-4-9(7-10)12(15)16/h8-10H,3-7H2,1-2H3,(H,13,14)(H,15,16)/t8?,9-,10+/m0/s1. The van der Waals surface area contributed by atoms with Gasteiger partial charge in [-0.15, -0.1) is 0 Å². The number of hydrogen-bond donors (Lipinski definition) is 2. The summed E-state index contributed by atoms with van der Waals surface area (Å²) in [5, 5.41) is 11.8. The van der Waals surface area contributed by atoms with E-state index in [1.165, 1.54) is 0 Å². The Morgan fingerprint density at radius 2 is 2.12 bits per heavy atom. The zero-order valence-corrected chi connectivity index (χ0v) is 10.0. The highest BCUT2D eigenvalue weighted by molar-refractivity contribution is 5.77. The van der Waals surface area contributed by atoms with Crippen molar-refractivity contribution in [3.05, 3.63) is 0 Å². The van der Waals surface area contributed by atoms with Gasteiger partial charge in [0.25, 0.3) is 0 Å². The summed E-state index contributed by atoms with van der Waals surface area (Å²) in [5.74, 6) is -0.547. The molecule has 0 aromatic heterocycles. The summed E-state index contributed by atoms with van der Waals surface area (Å²) in [6.45, 7) is 4.11. The normalized spacial score (nSPS) is 26.4. The van der Waals surface area contributed by atoms with Gasteiger partial charge in [-0.3, -0.25) is 9.59 Å². The van der Waals surface area contributed by atoms with Gasteiger partial charge in [-0.25, -0.2) is 0 Å². The molecule has 0 aliphatic heterocycles. The van der Waals surface area contributed by atoms with E-state index in [0.717, 1.165) is 12.8 Å². The zero-order chi connectivity index (χ0) is 12.1. The summed E-state index contributed by atoms with van der Waals surface area (Å²) in [6.07, 6.45) is 3.61. The van der Waals surface area contributed by atoms with Gasteiger partial charge in [0.1, 0.15) is 0 Å². The third kappa shape index (κ3) is 3.83. The van der Waals surface area contributed by atoms with Crippen molar-refractivity contribution in [1.29, 1.82) is 0 Å². The fourth-order valence-corrected chi connectivity index (χ4v) is 2.08. The van der Waals surface area contributed by atoms with E-state index < -0.39 is 5.97 Å². The van der Waals surface area contributed by atoms with E-state index in [2.05, 4.69) is 12.2 Å². The maximum Gasteiger partial charge on any atom is 0.306 e. The first-order valence-electron chi connectivity index (χ1n) is 6.05. The molecule has 1 fully saturated rings. The Bertz CT molecular complexity index is 265. The second-order valence-corrected chi connectivity index (χ2v) is 4.83. The first-order chi connectivity index (χ1) is 7.52. The van der Waals surface area contributed by atoms with E-state index in [1.54, 1.807) is 0 Å². The largest absolute Gasteiger partial charge is 0.481 e. The lowest BCUT2D eigenvalue weighted by Gasteiger charge is -2.14. The van der Waals surface area contributed by atoms with E-state index in [0.29, 0.717) is 25.2 Å². The Hall–Kier alpha value is -1.06. The van der Waals surface area contributed by atoms with Crippen LogP contribution < -0.4 is 5.32 Å². The van der Waals surface area contributed by atoms with Crippen molar-refractivity contribution in [2.24, 2.45) is 11.8 Å². The first kappa shape index (κ1) is 13.0. The molecule has 1 rings (SSSR count). The third-order valence-corrected chi connectivity index (χ3v) is 3.38. The van der Waals surface area contributed by atoms with Gasteiger partial charge in [0.05, 0.1) is 5.92 Å². The molecule has 0 radical (unpaired) electrons. The number of nitrogens with one attached hydrogen (secondary N) is 1. The van der Waals surface area contributed by atoms with Crippen LogP contribution in [0.1, 0.15) is 46.0 Å². The van der Waals surface area contributed by atoms with Crippen LogP contribution in [-0.2, 0) is 9.59 Å². The lowest BCUT2D eigenvalue weighted by Crippen LogP contribution is -2.34. The van der Waals surface area contributed by atoms with Crippen LogP contribution in [-0.4, -0.2) is 23.0 Å². The molecular weight excluding hydrogens is 206 g/mol. The lowest BCUT2D eigenvalue weighted by molar-refractivity contribution is -0.141. The van der Waals surface area contributed by atoms with E-state index in [4.69, 9.17) is 5.11 Å². The number of carboxylic acids is 1. The summed E-state index contributed by atoms with van der Waals surface area (Å²) in [4.78, 5) is 22.3. The van der Waals surface area contributed by atoms with Crippen molar-refractivity contribution in [2.45, 2.75) is 52.0 Å². The quantitative estimate of drug-likeness (QED) is 0.752. The van der Waals surface area contributed by atoms with E-state index in [9.17, 15) is 9.59 Å². The molecule has 0 saturated heterocycles. The molecule has 4 nitrogen and oxygen atoms in total. The zero-order valence-electron chi connectivity index (χ0n) is 10.0. The number of amides is 1. The van der Waals surface area contributed by atoms with Crippen molar-refractivity contribution >= 4 is 11.9 Å². The molecule has 1 saturated carbocycles. The molecule has 0 aromatic carbocycles. The molecule has 0 spiro atoms. The Balaban J connectivity index is 2.28. The Morgan fingerprint density at radius 3 is 2.62 bits per heavy atom. The number of hydrogen-bond acceptors (Lipinski definition) is 2. The fraction of sp³-hybridized carbons (Fsp3) is 0.833. The molecule has 1 aliphatic rings. The van der Waals surface area contributed by atoms with Gasteiger partial charge >= 0.3 is 5.97 Å². The highest BCUT2D eigenvalue weighted by Gasteiger charge is 2.30. The van der Waals surface area contributed by atoms with Crippen molar-refractivity contribution in [2.75, 3.05) is 0 Å². The molecule has 92 valence electrons. The van der Waals surface area contributed by atoms with Crippen molar-refractivity contribution < 1.29 is 14.7 Å². The molecular formula is C12H21NO3. The molecule has 0 aromatic rings. The molecule has 1 aliphatic carbocycles. The van der Waals surface area contributed by atoms with Crippen LogP contribution in [0.15, 0.2) is 0 Å². The number of carbonyl (C=O) groups is 2. The van der Waals surface area contributed by atoms with Gasteiger partial charge in [-0.2, -0.15) is 0 Å². The predicted molar refractivity (Wildman–Crippen MR) is 61.0 cm³/mol. The number of carboxylic acid groups (broad SMARTS) is 1. The number of aliphatic carboxylic acids is 1. The molecule has 0 heterocycles. The second kappa shape index (κ2) is 5.87. The molecule has 4 heteroatoms. The number of rotatable bonds is 5. The summed E-state index contributed by atoms with van der Waals surface area (Å²) < 4.78 is 0. The summed E-state index contributed by atoms with van der Waals surface area (Å²) in [5.41, 5.74) is 0. The second-order valence-electron chi connectivity index (χ2n) is 4.83. The summed E-state index contributed by atoms with van der Waals surface area (Å²) in [7, 11) is 0. The maximum absolute atomic E-state index is 11.6. The minimum atomic E-state index is -0.737. The Kier molecular flexibility index (Phi) is 4.77. The van der Waals surface area contributed by atoms with Crippen LogP contribution in [0.4, 0.5) is 0 Å². The topological polar surface area (TPSA) is 66.4 Å². The van der Waals surface area contributed by atoms with Gasteiger partial charge in [-0.1, -0.05) is 20.3 Å². The van der Waals surface area contributed by atoms with Crippen LogP contribution in [0.25, 0.3) is 0 Å². The average molecular weight is 227 g/mol. The van der Waals surface area contributed by atoms with Crippen LogP contribution in [0.5, 0.6) is 0 Å². The molecule has 16 heavy (non-hydrogen) atoms. The van der Waals surface area contributed by atoms with Crippen LogP contribution >= 0.6 is 0 Å². The highest BCUT2D eigenvalue weighted by atomic mass is 16.4. The average Bonchev–Trinajstić information content (AvgIpc) is 2.65. The van der Waals surface area contributed by atoms with Gasteiger partial charge < -0.3 is 10.4 Å². The lowest BCUT2D eigenvalue weighted by atomic mass is 10.0. The fourth-order valence-electron chi connectivity index (χ4n) is 2.08. The highest BCUT2D eigenvalue weighted by Crippen LogP contribution is 2.25. The maximum atomic E-state index is 11.6. The first-order valence-corrected chi connectivity index (χ1v) is 6.05. The third-order valence-electron chi connectivity index (χ3n) is 3.38. The van der Waals surface area contributed by atoms with Gasteiger partial charge in [0.15, 0.2) is 0 Å². The van der Waals surface area contributed by atoms with Crippen molar-refractivity contribution in [3.8, 4) is 0 Å². The number of carbonyl (C=O) groups excluding carboxylic acids is 1. The smallest absolute Gasteiger partial charge is 0.306 e. The van der Waals surface area contributed by atoms with Crippen LogP contribution in [0.3, 0.4) is 0 Å². The van der Waals surface area contributed by atoms with Crippen LogP contribution in [0.2, 0.25) is 0 Å². The van der Waals surface area contributed by atoms with Gasteiger partial charge in [0, 0.05) is 12.5 Å². The molecule has 1 amide bonds. The summed E-state index contributed by atoms with van der Waals surface area (Å²) in [6, 6.07) is 0.0673. The molecule has 1 unspecified atom stereocenters. The van der Waals surface area contributed by atoms with E-state index >= 15 is 0 Å². The van der Waals surface area contributed by atoms with Crippen LogP contribution in [0, 0.1) is 11.8 Å². The Morgan fingerprint density at radius 1 is 1.44 bits per heavy atom. The SMILES string of the molecule is CCC(C)CC(=O)N[C@@H]1CC[C@H](C(=O)O)C1. The van der Waals surface area contributed by atoms with E-state index in [1.807, 2.05) is 6.92 Å². The van der Waals surface area contributed by atoms with E-state index in [-0.39, 0.29) is 17.9 Å². The molecule has 3 atom stereocenters. The van der Waals surface area contributed by atoms with Crippen molar-refractivity contribution in [1.82, 2.24) is 5.32 Å². The predicted octanol–water partition coefficient (Wildman–Crippen LogP) is 1.79. The minimum absolute atomic E-state index is 0.0605.